The maximum atomic E-state index is 10.8. The van der Waals surface area contributed by atoms with Crippen molar-refractivity contribution in [3.8, 4) is 5.75 Å². The van der Waals surface area contributed by atoms with Crippen LogP contribution in [0.3, 0.4) is 0 Å². The van der Waals surface area contributed by atoms with Crippen LogP contribution in [0, 0.1) is 20.8 Å². The van der Waals surface area contributed by atoms with E-state index in [4.69, 9.17) is 4.74 Å². The minimum atomic E-state index is -1.09. The van der Waals surface area contributed by atoms with Crippen molar-refractivity contribution in [2.75, 3.05) is 7.11 Å². The Bertz CT molecular complexity index is 631. The van der Waals surface area contributed by atoms with Crippen LogP contribution in [0.25, 0.3) is 10.9 Å². The molecule has 0 spiro atoms. The standard InChI is InChI=1S/C14H17NO3.K/c1-8-5-11-9(2)10(3)13(18-4)6-12(11)15(8)7-14(16)17;/h5-6H,7H2,1-4H3,(H,16,17);/q;+1/p-1. The van der Waals surface area contributed by atoms with Crippen LogP contribution in [0.1, 0.15) is 16.8 Å². The SMILES string of the molecule is COc1cc2c(cc(C)n2CC(=O)[O-])c(C)c1C.[K+]. The third-order valence-corrected chi connectivity index (χ3v) is 3.46. The second-order valence-electron chi connectivity index (χ2n) is 4.51. The molecule has 19 heavy (non-hydrogen) atoms. The Labute approximate surface area is 155 Å². The van der Waals surface area contributed by atoms with Crippen LogP contribution < -0.4 is 61.2 Å². The van der Waals surface area contributed by atoms with Crippen molar-refractivity contribution >= 4 is 16.9 Å². The van der Waals surface area contributed by atoms with E-state index in [1.54, 1.807) is 11.7 Å². The van der Waals surface area contributed by atoms with Gasteiger partial charge in [-0.1, -0.05) is 0 Å². The fourth-order valence-corrected chi connectivity index (χ4v) is 2.32. The number of carboxylic acid groups (broad SMARTS) is 1. The van der Waals surface area contributed by atoms with E-state index in [1.165, 1.54) is 0 Å². The number of carbonyl (C=O) groups excluding carboxylic acids is 1. The summed E-state index contributed by atoms with van der Waals surface area (Å²) in [7, 11) is 1.62. The van der Waals surface area contributed by atoms with Gasteiger partial charge in [0.1, 0.15) is 5.75 Å². The van der Waals surface area contributed by atoms with Crippen LogP contribution in [0.5, 0.6) is 5.75 Å². The summed E-state index contributed by atoms with van der Waals surface area (Å²) in [6, 6.07) is 3.88. The van der Waals surface area contributed by atoms with E-state index in [0.29, 0.717) is 0 Å². The van der Waals surface area contributed by atoms with Crippen LogP contribution in [0.2, 0.25) is 0 Å². The van der Waals surface area contributed by atoms with Crippen LogP contribution in [0.15, 0.2) is 12.1 Å². The van der Waals surface area contributed by atoms with Crippen molar-refractivity contribution in [3.05, 3.63) is 29.0 Å². The van der Waals surface area contributed by atoms with E-state index < -0.39 is 5.97 Å². The average Bonchev–Trinajstić information content (AvgIpc) is 2.61. The first-order chi connectivity index (χ1) is 8.45. The number of ether oxygens (including phenoxy) is 1. The molecule has 2 aromatic rings. The van der Waals surface area contributed by atoms with Crippen molar-refractivity contribution < 1.29 is 66.0 Å². The Morgan fingerprint density at radius 2 is 1.89 bits per heavy atom. The number of aliphatic carboxylic acids is 1. The zero-order valence-electron chi connectivity index (χ0n) is 12.0. The molecule has 0 radical (unpaired) electrons. The summed E-state index contributed by atoms with van der Waals surface area (Å²) in [5, 5.41) is 11.9. The van der Waals surface area contributed by atoms with Crippen LogP contribution in [-0.2, 0) is 11.3 Å². The molecule has 5 heteroatoms. The molecule has 4 nitrogen and oxygen atoms in total. The summed E-state index contributed by atoms with van der Waals surface area (Å²) < 4.78 is 7.06. The van der Waals surface area contributed by atoms with E-state index in [1.807, 2.05) is 32.9 Å². The van der Waals surface area contributed by atoms with Crippen molar-refractivity contribution in [3.63, 3.8) is 0 Å². The molecule has 0 saturated heterocycles. The summed E-state index contributed by atoms with van der Waals surface area (Å²) in [6.45, 7) is 5.77. The number of carbonyl (C=O) groups is 1. The predicted molar refractivity (Wildman–Crippen MR) is 67.7 cm³/mol. The molecule has 96 valence electrons. The summed E-state index contributed by atoms with van der Waals surface area (Å²) in [5.41, 5.74) is 3.97. The number of fused-ring (bicyclic) bond motifs is 1. The van der Waals surface area contributed by atoms with Gasteiger partial charge in [0, 0.05) is 17.1 Å². The predicted octanol–water partition coefficient (Wildman–Crippen LogP) is -1.67. The largest absolute Gasteiger partial charge is 1.00 e. The van der Waals surface area contributed by atoms with Crippen molar-refractivity contribution in [1.82, 2.24) is 4.57 Å². The zero-order valence-corrected chi connectivity index (χ0v) is 15.2. The van der Waals surface area contributed by atoms with Crippen molar-refractivity contribution in [2.45, 2.75) is 27.3 Å². The smallest absolute Gasteiger partial charge is 0.548 e. The minimum Gasteiger partial charge on any atom is -0.548 e. The first kappa shape index (κ1) is 16.7. The second kappa shape index (κ2) is 6.41. The van der Waals surface area contributed by atoms with Gasteiger partial charge >= 0.3 is 51.4 Å². The van der Waals surface area contributed by atoms with Gasteiger partial charge in [0.05, 0.1) is 25.1 Å². The molecule has 0 aliphatic carbocycles. The van der Waals surface area contributed by atoms with Gasteiger partial charge in [0.15, 0.2) is 0 Å². The molecule has 1 heterocycles. The molecule has 0 aliphatic heterocycles. The number of methoxy groups -OCH3 is 1. The molecule has 0 atom stereocenters. The third-order valence-electron chi connectivity index (χ3n) is 3.46. The quantitative estimate of drug-likeness (QED) is 0.634. The molecule has 1 aromatic heterocycles. The summed E-state index contributed by atoms with van der Waals surface area (Å²) >= 11 is 0. The molecular formula is C14H16KNO3. The van der Waals surface area contributed by atoms with Crippen LogP contribution in [-0.4, -0.2) is 17.6 Å². The normalized spacial score (nSPS) is 10.3. The fourth-order valence-electron chi connectivity index (χ4n) is 2.32. The Morgan fingerprint density at radius 3 is 2.42 bits per heavy atom. The maximum absolute atomic E-state index is 10.8. The number of carboxylic acids is 1. The van der Waals surface area contributed by atoms with E-state index in [-0.39, 0.29) is 57.9 Å². The van der Waals surface area contributed by atoms with E-state index in [9.17, 15) is 9.90 Å². The van der Waals surface area contributed by atoms with Crippen molar-refractivity contribution in [2.24, 2.45) is 0 Å². The number of benzene rings is 1. The first-order valence-corrected chi connectivity index (χ1v) is 5.79. The van der Waals surface area contributed by atoms with Gasteiger partial charge in [-0.15, -0.1) is 0 Å². The third kappa shape index (κ3) is 3.06. The van der Waals surface area contributed by atoms with Gasteiger partial charge in [0.2, 0.25) is 0 Å². The monoisotopic (exact) mass is 285 g/mol. The molecule has 0 aliphatic rings. The Balaban J connectivity index is 0.00000180. The van der Waals surface area contributed by atoms with E-state index >= 15 is 0 Å². The maximum Gasteiger partial charge on any atom is 1.00 e. The van der Waals surface area contributed by atoms with Gasteiger partial charge in [-0.2, -0.15) is 0 Å². The molecule has 0 N–H and O–H groups in total. The molecule has 0 saturated carbocycles. The second-order valence-corrected chi connectivity index (χ2v) is 4.51. The molecule has 0 fully saturated rings. The zero-order chi connectivity index (χ0) is 13.4. The Kier molecular flexibility index (Phi) is 5.64. The number of aromatic nitrogens is 1. The molecule has 2 rings (SSSR count). The van der Waals surface area contributed by atoms with Crippen LogP contribution in [0.4, 0.5) is 0 Å². The Morgan fingerprint density at radius 1 is 1.26 bits per heavy atom. The fraction of sp³-hybridized carbons (Fsp3) is 0.357. The number of rotatable bonds is 3. The summed E-state index contributed by atoms with van der Waals surface area (Å²) in [4.78, 5) is 10.8. The molecule has 0 bridgehead atoms. The van der Waals surface area contributed by atoms with Gasteiger partial charge in [-0.05, 0) is 38.0 Å². The minimum absolute atomic E-state index is 0. The number of nitrogens with zero attached hydrogens (tertiary/aromatic N) is 1. The van der Waals surface area contributed by atoms with Gasteiger partial charge < -0.3 is 19.2 Å². The van der Waals surface area contributed by atoms with E-state index in [2.05, 4.69) is 0 Å². The molecule has 1 aromatic carbocycles. The van der Waals surface area contributed by atoms with Crippen LogP contribution >= 0.6 is 0 Å². The molecule has 0 unspecified atom stereocenters. The molecule has 0 amide bonds. The first-order valence-electron chi connectivity index (χ1n) is 5.79. The number of hydrogen-bond acceptors (Lipinski definition) is 3. The Hall–Kier alpha value is -0.334. The van der Waals surface area contributed by atoms with Gasteiger partial charge in [-0.3, -0.25) is 0 Å². The van der Waals surface area contributed by atoms with E-state index in [0.717, 1.165) is 33.5 Å². The molecular weight excluding hydrogens is 269 g/mol. The van der Waals surface area contributed by atoms with Gasteiger partial charge in [0.25, 0.3) is 0 Å². The number of hydrogen-bond donors (Lipinski definition) is 0. The summed E-state index contributed by atoms with van der Waals surface area (Å²) in [6.07, 6.45) is 0. The topological polar surface area (TPSA) is 54.3 Å². The van der Waals surface area contributed by atoms with Crippen molar-refractivity contribution in [1.29, 1.82) is 0 Å². The summed E-state index contributed by atoms with van der Waals surface area (Å²) in [5.74, 6) is -0.314. The van der Waals surface area contributed by atoms with Gasteiger partial charge in [-0.25, -0.2) is 0 Å². The average molecular weight is 285 g/mol. The number of aryl methyl sites for hydroxylation is 2.